The SMILES string of the molecule is CCCC(=O)Oc1c(OC)cc(C(=O)N2CCC(CCN3CCC(C(=O)n4c(Cc5ccccn5)nc5ccccc54)CC3)(c3ccc(Cl)c(Cl)c3)C2)cc1OC. The van der Waals surface area contributed by atoms with E-state index < -0.39 is 11.4 Å². The fourth-order valence-electron chi connectivity index (χ4n) is 8.17. The molecule has 2 aromatic heterocycles. The summed E-state index contributed by atoms with van der Waals surface area (Å²) in [5.41, 5.74) is 3.48. The van der Waals surface area contributed by atoms with E-state index >= 15 is 0 Å². The predicted molar refractivity (Wildman–Crippen MR) is 220 cm³/mol. The van der Waals surface area contributed by atoms with E-state index in [9.17, 15) is 14.4 Å². The average molecular weight is 813 g/mol. The highest BCUT2D eigenvalue weighted by molar-refractivity contribution is 6.42. The number of carbonyl (C=O) groups is 3. The Morgan fingerprint density at radius 3 is 2.32 bits per heavy atom. The molecule has 13 heteroatoms. The van der Waals surface area contributed by atoms with Crippen molar-refractivity contribution in [2.24, 2.45) is 5.92 Å². The number of piperidine rings is 1. The minimum absolute atomic E-state index is 0.0759. The maximum atomic E-state index is 14.2. The van der Waals surface area contributed by atoms with Gasteiger partial charge in [0.25, 0.3) is 5.91 Å². The Kier molecular flexibility index (Phi) is 12.5. The van der Waals surface area contributed by atoms with Crippen molar-refractivity contribution in [3.63, 3.8) is 0 Å². The molecule has 11 nitrogen and oxygen atoms in total. The number of carbonyl (C=O) groups excluding carboxylic acids is 3. The lowest BCUT2D eigenvalue weighted by molar-refractivity contribution is -0.134. The quantitative estimate of drug-likeness (QED) is 0.0856. The van der Waals surface area contributed by atoms with Crippen LogP contribution >= 0.6 is 23.2 Å². The first-order valence-corrected chi connectivity index (χ1v) is 20.2. The topological polar surface area (TPSA) is 116 Å². The molecule has 0 bridgehead atoms. The van der Waals surface area contributed by atoms with Crippen LogP contribution in [0.5, 0.6) is 17.2 Å². The first kappa shape index (κ1) is 40.2. The second-order valence-corrected chi connectivity index (χ2v) is 15.7. The molecule has 2 saturated heterocycles. The number of aromatic nitrogens is 3. The van der Waals surface area contributed by atoms with E-state index in [4.69, 9.17) is 42.4 Å². The van der Waals surface area contributed by atoms with Crippen molar-refractivity contribution in [1.82, 2.24) is 24.3 Å². The number of rotatable bonds is 13. The van der Waals surface area contributed by atoms with Gasteiger partial charge in [-0.3, -0.25) is 23.9 Å². The molecule has 1 unspecified atom stereocenters. The summed E-state index contributed by atoms with van der Waals surface area (Å²) >= 11 is 13.0. The number of amides is 1. The lowest BCUT2D eigenvalue weighted by Crippen LogP contribution is -2.42. The number of hydrogen-bond donors (Lipinski definition) is 0. The van der Waals surface area contributed by atoms with Crippen LogP contribution in [0.4, 0.5) is 0 Å². The van der Waals surface area contributed by atoms with E-state index in [2.05, 4.69) is 9.88 Å². The van der Waals surface area contributed by atoms with Gasteiger partial charge in [-0.1, -0.05) is 54.4 Å². The maximum Gasteiger partial charge on any atom is 0.311 e. The smallest absolute Gasteiger partial charge is 0.311 e. The number of hydrogen-bond acceptors (Lipinski definition) is 9. The Bertz CT molecular complexity index is 2230. The summed E-state index contributed by atoms with van der Waals surface area (Å²) in [6, 6.07) is 22.5. The van der Waals surface area contributed by atoms with Crippen molar-refractivity contribution in [3.05, 3.63) is 112 Å². The summed E-state index contributed by atoms with van der Waals surface area (Å²) in [7, 11) is 2.93. The number of methoxy groups -OCH3 is 2. The third-order valence-electron chi connectivity index (χ3n) is 11.3. The first-order valence-electron chi connectivity index (χ1n) is 19.5. The van der Waals surface area contributed by atoms with Crippen LogP contribution < -0.4 is 14.2 Å². The van der Waals surface area contributed by atoms with Gasteiger partial charge in [-0.15, -0.1) is 0 Å². The van der Waals surface area contributed by atoms with Crippen LogP contribution in [0.2, 0.25) is 10.0 Å². The van der Waals surface area contributed by atoms with Gasteiger partial charge in [0.2, 0.25) is 11.7 Å². The fraction of sp³-hybridized carbons (Fsp3) is 0.386. The van der Waals surface area contributed by atoms with Crippen molar-refractivity contribution in [3.8, 4) is 17.2 Å². The molecule has 7 rings (SSSR count). The van der Waals surface area contributed by atoms with Crippen molar-refractivity contribution >= 4 is 52.0 Å². The van der Waals surface area contributed by atoms with Crippen molar-refractivity contribution in [1.29, 1.82) is 0 Å². The van der Waals surface area contributed by atoms with E-state index in [-0.39, 0.29) is 41.4 Å². The third-order valence-corrected chi connectivity index (χ3v) is 12.0. The molecular weight excluding hydrogens is 765 g/mol. The van der Waals surface area contributed by atoms with E-state index in [1.54, 1.807) is 18.3 Å². The number of para-hydroxylation sites is 2. The molecule has 2 aliphatic heterocycles. The Morgan fingerprint density at radius 2 is 1.63 bits per heavy atom. The third kappa shape index (κ3) is 8.66. The van der Waals surface area contributed by atoms with Gasteiger partial charge >= 0.3 is 5.97 Å². The molecule has 5 aromatic rings. The highest BCUT2D eigenvalue weighted by atomic mass is 35.5. The second-order valence-electron chi connectivity index (χ2n) is 14.9. The second kappa shape index (κ2) is 17.7. The van der Waals surface area contributed by atoms with Crippen LogP contribution in [-0.2, 0) is 16.6 Å². The molecule has 1 atom stereocenters. The van der Waals surface area contributed by atoms with Gasteiger partial charge in [0.15, 0.2) is 11.5 Å². The molecule has 2 fully saturated rings. The number of imidazole rings is 1. The highest BCUT2D eigenvalue weighted by Gasteiger charge is 2.42. The molecule has 4 heterocycles. The van der Waals surface area contributed by atoms with E-state index in [1.807, 2.05) is 77.1 Å². The van der Waals surface area contributed by atoms with Gasteiger partial charge in [-0.05, 0) is 106 Å². The zero-order valence-electron chi connectivity index (χ0n) is 32.5. The molecule has 298 valence electrons. The van der Waals surface area contributed by atoms with Gasteiger partial charge in [0, 0.05) is 54.7 Å². The van der Waals surface area contributed by atoms with Crippen molar-refractivity contribution < 1.29 is 28.6 Å². The average Bonchev–Trinajstić information content (AvgIpc) is 3.83. The minimum atomic E-state index is -0.410. The molecular formula is C44H47Cl2N5O6. The Hall–Kier alpha value is -4.97. The lowest BCUT2D eigenvalue weighted by Gasteiger charge is -2.36. The van der Waals surface area contributed by atoms with Gasteiger partial charge in [0.1, 0.15) is 5.82 Å². The Labute approximate surface area is 342 Å². The van der Waals surface area contributed by atoms with Crippen LogP contribution in [0.15, 0.2) is 79.0 Å². The van der Waals surface area contributed by atoms with E-state index in [0.29, 0.717) is 47.4 Å². The molecule has 0 radical (unpaired) electrons. The van der Waals surface area contributed by atoms with Crippen LogP contribution in [0, 0.1) is 5.92 Å². The molecule has 1 amide bonds. The number of ether oxygens (including phenoxy) is 3. The molecule has 0 spiro atoms. The molecule has 57 heavy (non-hydrogen) atoms. The lowest BCUT2D eigenvalue weighted by atomic mass is 9.76. The van der Waals surface area contributed by atoms with E-state index in [1.165, 1.54) is 14.2 Å². The number of halogens is 2. The number of fused-ring (bicyclic) bond motifs is 1. The monoisotopic (exact) mass is 811 g/mol. The zero-order valence-corrected chi connectivity index (χ0v) is 34.0. The molecule has 0 aliphatic carbocycles. The first-order chi connectivity index (χ1) is 27.6. The molecule has 0 N–H and O–H groups in total. The Balaban J connectivity index is 1.06. The highest BCUT2D eigenvalue weighted by Crippen LogP contribution is 2.43. The molecule has 0 saturated carbocycles. The zero-order chi connectivity index (χ0) is 40.1. The number of pyridine rings is 1. The summed E-state index contributed by atoms with van der Waals surface area (Å²) in [6.45, 7) is 5.20. The molecule has 2 aliphatic rings. The molecule has 3 aromatic carbocycles. The van der Waals surface area contributed by atoms with Gasteiger partial charge < -0.3 is 24.0 Å². The summed E-state index contributed by atoms with van der Waals surface area (Å²) in [6.07, 6.45) is 6.05. The summed E-state index contributed by atoms with van der Waals surface area (Å²) < 4.78 is 18.5. The fourth-order valence-corrected chi connectivity index (χ4v) is 8.47. The number of likely N-dealkylation sites (tertiary alicyclic amines) is 2. The summed E-state index contributed by atoms with van der Waals surface area (Å²) in [5.74, 6) is 0.674. The largest absolute Gasteiger partial charge is 0.493 e. The van der Waals surface area contributed by atoms with Crippen molar-refractivity contribution in [2.45, 2.75) is 57.3 Å². The van der Waals surface area contributed by atoms with E-state index in [0.717, 1.165) is 67.6 Å². The van der Waals surface area contributed by atoms with Crippen LogP contribution in [0.3, 0.4) is 0 Å². The van der Waals surface area contributed by atoms with Crippen molar-refractivity contribution in [2.75, 3.05) is 46.9 Å². The minimum Gasteiger partial charge on any atom is -0.493 e. The van der Waals surface area contributed by atoms with Crippen LogP contribution in [-0.4, -0.2) is 89.1 Å². The van der Waals surface area contributed by atoms with Gasteiger partial charge in [-0.25, -0.2) is 4.98 Å². The van der Waals surface area contributed by atoms with Gasteiger partial charge in [-0.2, -0.15) is 0 Å². The standard InChI is InChI=1S/C44H47Cl2N5O6/c1-4-9-40(52)57-41-37(55-2)24-30(25-38(41)56-3)42(53)50-23-18-44(28-50,31-13-14-33(45)34(46)26-31)17-22-49-20-15-29(16-21-49)43(54)51-36-12-6-5-11-35(36)48-39(51)27-32-10-7-8-19-47-32/h5-8,10-14,19,24-26,29H,4,9,15-18,20-23,27-28H2,1-3H3. The number of benzene rings is 3. The maximum absolute atomic E-state index is 14.2. The van der Waals surface area contributed by atoms with Crippen LogP contribution in [0.1, 0.15) is 77.7 Å². The number of esters is 1. The number of nitrogens with zero attached hydrogens (tertiary/aromatic N) is 5. The summed E-state index contributed by atoms with van der Waals surface area (Å²) in [4.78, 5) is 54.4. The predicted octanol–water partition coefficient (Wildman–Crippen LogP) is 8.28. The van der Waals surface area contributed by atoms with Crippen LogP contribution in [0.25, 0.3) is 11.0 Å². The summed E-state index contributed by atoms with van der Waals surface area (Å²) in [5, 5.41) is 0.941. The Morgan fingerprint density at radius 1 is 0.895 bits per heavy atom. The normalized spacial score (nSPS) is 17.5. The van der Waals surface area contributed by atoms with Gasteiger partial charge in [0.05, 0.1) is 35.3 Å².